The highest BCUT2D eigenvalue weighted by atomic mass is 32.2. The Balaban J connectivity index is 1.65. The summed E-state index contributed by atoms with van der Waals surface area (Å²) in [4.78, 5) is 27.0. The van der Waals surface area contributed by atoms with Crippen LogP contribution >= 0.6 is 0 Å². The molecule has 26 heavy (non-hydrogen) atoms. The molecule has 1 saturated heterocycles. The van der Waals surface area contributed by atoms with E-state index in [1.54, 1.807) is 42.2 Å². The molecule has 2 fully saturated rings. The van der Waals surface area contributed by atoms with Crippen molar-refractivity contribution in [2.45, 2.75) is 56.7 Å². The molecular weight excluding hydrogens is 352 g/mol. The molecule has 1 aliphatic carbocycles. The Bertz CT molecular complexity index is 772. The number of carbonyl (C=O) groups is 2. The largest absolute Gasteiger partial charge is 0.328 e. The molecule has 1 atom stereocenters. The third kappa shape index (κ3) is 3.92. The van der Waals surface area contributed by atoms with Gasteiger partial charge in [-0.1, -0.05) is 49.6 Å². The summed E-state index contributed by atoms with van der Waals surface area (Å²) in [6.45, 7) is 2.17. The highest BCUT2D eigenvalue weighted by Crippen LogP contribution is 2.35. The van der Waals surface area contributed by atoms with Gasteiger partial charge in [0.05, 0.1) is 5.75 Å². The lowest BCUT2D eigenvalue weighted by Gasteiger charge is -2.50. The van der Waals surface area contributed by atoms with Crippen molar-refractivity contribution in [3.8, 4) is 0 Å². The topological polar surface area (TPSA) is 83.6 Å². The number of rotatable bonds is 5. The summed E-state index contributed by atoms with van der Waals surface area (Å²) in [6.07, 6.45) is 5.44. The monoisotopic (exact) mass is 378 g/mol. The second kappa shape index (κ2) is 7.39. The number of benzene rings is 1. The molecule has 3 rings (SSSR count). The van der Waals surface area contributed by atoms with Gasteiger partial charge < -0.3 is 4.90 Å². The van der Waals surface area contributed by atoms with E-state index in [9.17, 15) is 18.0 Å². The summed E-state index contributed by atoms with van der Waals surface area (Å²) in [5.74, 6) is -0.901. The third-order valence-electron chi connectivity index (χ3n) is 5.58. The summed E-state index contributed by atoms with van der Waals surface area (Å²) in [5, 5.41) is 0. The van der Waals surface area contributed by atoms with Gasteiger partial charge in [0.25, 0.3) is 5.91 Å². The van der Waals surface area contributed by atoms with Gasteiger partial charge in [0.2, 0.25) is 15.9 Å². The molecule has 1 aromatic carbocycles. The molecule has 0 bridgehead atoms. The molecule has 2 aliphatic rings. The van der Waals surface area contributed by atoms with Gasteiger partial charge in [-0.3, -0.25) is 14.3 Å². The van der Waals surface area contributed by atoms with Crippen molar-refractivity contribution in [2.24, 2.45) is 5.92 Å². The minimum Gasteiger partial charge on any atom is -0.328 e. The standard InChI is InChI=1S/C19H26N2O4S/c1-19(12-13-21(19)17(22)16-10-6-3-7-11-16)18(23)20-26(24,25)14-15-8-4-2-5-9-15/h2,4-5,8-9,16H,3,6-7,10-14H2,1H3,(H,20,23). The van der Waals surface area contributed by atoms with Crippen LogP contribution in [0.25, 0.3) is 0 Å². The SMILES string of the molecule is CC1(C(=O)NS(=O)(=O)Cc2ccccc2)CCN1C(=O)C1CCCCC1. The van der Waals surface area contributed by atoms with Crippen molar-refractivity contribution >= 4 is 21.8 Å². The van der Waals surface area contributed by atoms with Crippen molar-refractivity contribution in [1.82, 2.24) is 9.62 Å². The number of sulfonamides is 1. The molecule has 0 radical (unpaired) electrons. The number of likely N-dealkylation sites (tertiary alicyclic amines) is 1. The second-order valence-electron chi connectivity index (χ2n) is 7.52. The molecule has 1 unspecified atom stereocenters. The van der Waals surface area contributed by atoms with Crippen molar-refractivity contribution in [3.63, 3.8) is 0 Å². The zero-order chi connectivity index (χ0) is 18.8. The molecule has 2 amide bonds. The van der Waals surface area contributed by atoms with E-state index in [4.69, 9.17) is 0 Å². The molecule has 142 valence electrons. The predicted octanol–water partition coefficient (Wildman–Crippen LogP) is 2.20. The van der Waals surface area contributed by atoms with Crippen LogP contribution in [-0.2, 0) is 25.4 Å². The van der Waals surface area contributed by atoms with E-state index in [1.165, 1.54) is 0 Å². The lowest BCUT2D eigenvalue weighted by atomic mass is 9.81. The Morgan fingerprint density at radius 1 is 1.15 bits per heavy atom. The summed E-state index contributed by atoms with van der Waals surface area (Å²) in [5.41, 5.74) is -0.458. The van der Waals surface area contributed by atoms with Gasteiger partial charge >= 0.3 is 0 Å². The fraction of sp³-hybridized carbons (Fsp3) is 0.579. The van der Waals surface area contributed by atoms with Gasteiger partial charge in [-0.2, -0.15) is 0 Å². The van der Waals surface area contributed by atoms with Gasteiger partial charge in [-0.05, 0) is 31.7 Å². The normalized spacial score (nSPS) is 24.0. The van der Waals surface area contributed by atoms with Crippen LogP contribution in [0.3, 0.4) is 0 Å². The van der Waals surface area contributed by atoms with Crippen LogP contribution < -0.4 is 4.72 Å². The minimum absolute atomic E-state index is 0.00550. The molecule has 6 nitrogen and oxygen atoms in total. The average Bonchev–Trinajstić information content (AvgIpc) is 2.60. The molecule has 1 aliphatic heterocycles. The molecule has 1 aromatic rings. The van der Waals surface area contributed by atoms with E-state index >= 15 is 0 Å². The van der Waals surface area contributed by atoms with E-state index in [0.717, 1.165) is 32.1 Å². The first kappa shape index (κ1) is 18.9. The number of nitrogens with one attached hydrogen (secondary N) is 1. The fourth-order valence-corrected chi connectivity index (χ4v) is 5.01. The Morgan fingerprint density at radius 3 is 2.38 bits per heavy atom. The quantitative estimate of drug-likeness (QED) is 0.851. The van der Waals surface area contributed by atoms with Crippen LogP contribution in [-0.4, -0.2) is 37.2 Å². The van der Waals surface area contributed by atoms with E-state index < -0.39 is 21.5 Å². The van der Waals surface area contributed by atoms with Crippen LogP contribution in [0, 0.1) is 5.92 Å². The smallest absolute Gasteiger partial charge is 0.259 e. The highest BCUT2D eigenvalue weighted by molar-refractivity contribution is 7.89. The summed E-state index contributed by atoms with van der Waals surface area (Å²) in [6, 6.07) is 8.72. The van der Waals surface area contributed by atoms with Crippen molar-refractivity contribution in [3.05, 3.63) is 35.9 Å². The number of hydrogen-bond donors (Lipinski definition) is 1. The van der Waals surface area contributed by atoms with Gasteiger partial charge in [0, 0.05) is 12.5 Å². The van der Waals surface area contributed by atoms with Crippen LogP contribution in [0.2, 0.25) is 0 Å². The molecular formula is C19H26N2O4S. The number of hydrogen-bond acceptors (Lipinski definition) is 4. The second-order valence-corrected chi connectivity index (χ2v) is 9.25. The zero-order valence-electron chi connectivity index (χ0n) is 15.1. The Labute approximate surface area is 155 Å². The summed E-state index contributed by atoms with van der Waals surface area (Å²) >= 11 is 0. The molecule has 7 heteroatoms. The van der Waals surface area contributed by atoms with Gasteiger partial charge in [0.1, 0.15) is 5.54 Å². The number of nitrogens with zero attached hydrogens (tertiary/aromatic N) is 1. The van der Waals surface area contributed by atoms with Gasteiger partial charge in [-0.15, -0.1) is 0 Å². The first-order chi connectivity index (χ1) is 12.3. The first-order valence-electron chi connectivity index (χ1n) is 9.22. The van der Waals surface area contributed by atoms with Crippen LogP contribution in [0.15, 0.2) is 30.3 Å². The van der Waals surface area contributed by atoms with E-state index in [0.29, 0.717) is 18.5 Å². The van der Waals surface area contributed by atoms with Gasteiger partial charge in [0.15, 0.2) is 0 Å². The molecule has 1 N–H and O–H groups in total. The Kier molecular flexibility index (Phi) is 5.37. The van der Waals surface area contributed by atoms with Crippen molar-refractivity contribution in [2.75, 3.05) is 6.54 Å². The van der Waals surface area contributed by atoms with Crippen LogP contribution in [0.5, 0.6) is 0 Å². The minimum atomic E-state index is -3.80. The summed E-state index contributed by atoms with van der Waals surface area (Å²) < 4.78 is 26.9. The zero-order valence-corrected chi connectivity index (χ0v) is 15.9. The first-order valence-corrected chi connectivity index (χ1v) is 10.9. The maximum atomic E-state index is 12.8. The fourth-order valence-electron chi connectivity index (χ4n) is 3.80. The third-order valence-corrected chi connectivity index (χ3v) is 6.79. The number of carbonyl (C=O) groups excluding carboxylic acids is 2. The maximum absolute atomic E-state index is 12.8. The molecule has 1 heterocycles. The highest BCUT2D eigenvalue weighted by Gasteiger charge is 2.51. The van der Waals surface area contributed by atoms with Crippen LogP contribution in [0.4, 0.5) is 0 Å². The number of amides is 2. The molecule has 1 saturated carbocycles. The lowest BCUT2D eigenvalue weighted by Crippen LogP contribution is -2.68. The van der Waals surface area contributed by atoms with Crippen molar-refractivity contribution < 1.29 is 18.0 Å². The van der Waals surface area contributed by atoms with Crippen molar-refractivity contribution in [1.29, 1.82) is 0 Å². The molecule has 0 aromatic heterocycles. The van der Waals surface area contributed by atoms with Crippen LogP contribution in [0.1, 0.15) is 51.0 Å². The predicted molar refractivity (Wildman–Crippen MR) is 98.5 cm³/mol. The Hall–Kier alpha value is -1.89. The maximum Gasteiger partial charge on any atom is 0.259 e. The van der Waals surface area contributed by atoms with E-state index in [1.807, 2.05) is 0 Å². The average molecular weight is 378 g/mol. The van der Waals surface area contributed by atoms with E-state index in [-0.39, 0.29) is 17.6 Å². The van der Waals surface area contributed by atoms with E-state index in [2.05, 4.69) is 4.72 Å². The lowest BCUT2D eigenvalue weighted by molar-refractivity contribution is -0.160. The summed E-state index contributed by atoms with van der Waals surface area (Å²) in [7, 11) is -3.80. The van der Waals surface area contributed by atoms with Gasteiger partial charge in [-0.25, -0.2) is 8.42 Å². The Morgan fingerprint density at radius 2 is 1.81 bits per heavy atom. The molecule has 0 spiro atoms.